The molecule has 0 spiro atoms. The van der Waals surface area contributed by atoms with Crippen molar-refractivity contribution in [2.24, 2.45) is 0 Å². The van der Waals surface area contributed by atoms with E-state index in [4.69, 9.17) is 21.1 Å². The van der Waals surface area contributed by atoms with Gasteiger partial charge in [0.15, 0.2) is 0 Å². The van der Waals surface area contributed by atoms with Crippen molar-refractivity contribution in [3.8, 4) is 5.75 Å². The number of thiophene rings is 1. The van der Waals surface area contributed by atoms with E-state index in [2.05, 4.69) is 4.98 Å². The largest absolute Gasteiger partial charge is 0.494 e. The third-order valence-electron chi connectivity index (χ3n) is 6.09. The SMILES string of the molecule is CCOc1ccc2[nH]c(=O)c(CN(C[C@H]3CCCO3)C(=O)c3sc4cc(F)ccc4c3Cl)cc2c1. The summed E-state index contributed by atoms with van der Waals surface area (Å²) in [7, 11) is 0. The summed E-state index contributed by atoms with van der Waals surface area (Å²) < 4.78 is 25.7. The van der Waals surface area contributed by atoms with Crippen LogP contribution >= 0.6 is 22.9 Å². The molecule has 3 heterocycles. The fourth-order valence-electron chi connectivity index (χ4n) is 4.38. The molecule has 1 N–H and O–H groups in total. The molecular weight excluding hydrogens is 491 g/mol. The Morgan fingerprint density at radius 3 is 2.91 bits per heavy atom. The molecule has 4 aromatic rings. The molecule has 0 unspecified atom stereocenters. The zero-order chi connectivity index (χ0) is 24.5. The highest BCUT2D eigenvalue weighted by Gasteiger charge is 2.28. The van der Waals surface area contributed by atoms with Gasteiger partial charge in [0.05, 0.1) is 24.3 Å². The lowest BCUT2D eigenvalue weighted by molar-refractivity contribution is 0.0510. The van der Waals surface area contributed by atoms with E-state index < -0.39 is 0 Å². The van der Waals surface area contributed by atoms with Gasteiger partial charge in [-0.15, -0.1) is 11.3 Å². The molecule has 1 aliphatic rings. The van der Waals surface area contributed by atoms with E-state index in [0.717, 1.165) is 29.6 Å². The highest BCUT2D eigenvalue weighted by Crippen LogP contribution is 2.37. The topological polar surface area (TPSA) is 71.6 Å². The number of rotatable bonds is 7. The highest BCUT2D eigenvalue weighted by molar-refractivity contribution is 7.21. The minimum absolute atomic E-state index is 0.0851. The summed E-state index contributed by atoms with van der Waals surface area (Å²) >= 11 is 7.70. The fraction of sp³-hybridized carbons (Fsp3) is 0.308. The summed E-state index contributed by atoms with van der Waals surface area (Å²) in [6.45, 7) is 3.50. The molecule has 5 rings (SSSR count). The maximum atomic E-state index is 13.7. The molecule has 0 radical (unpaired) electrons. The molecule has 2 aromatic carbocycles. The van der Waals surface area contributed by atoms with E-state index in [1.54, 1.807) is 29.2 Å². The number of benzene rings is 2. The standard InChI is InChI=1S/C26H24ClFN2O4S/c1-2-33-18-6-8-21-15(11-18)10-16(25(31)29-21)13-30(14-19-4-3-9-34-19)26(32)24-23(27)20-7-5-17(28)12-22(20)35-24/h5-8,10-12,19H,2-4,9,13-14H2,1H3,(H,29,31)/t19-/m1/s1. The summed E-state index contributed by atoms with van der Waals surface area (Å²) in [5.41, 5.74) is 0.867. The molecule has 2 aromatic heterocycles. The van der Waals surface area contributed by atoms with Crippen molar-refractivity contribution in [2.75, 3.05) is 19.8 Å². The zero-order valence-electron chi connectivity index (χ0n) is 19.1. The summed E-state index contributed by atoms with van der Waals surface area (Å²) in [5.74, 6) is 0.00370. The van der Waals surface area contributed by atoms with Crippen LogP contribution in [0.3, 0.4) is 0 Å². The number of nitrogens with one attached hydrogen (secondary N) is 1. The van der Waals surface area contributed by atoms with Crippen molar-refractivity contribution in [3.05, 3.63) is 74.1 Å². The van der Waals surface area contributed by atoms with Gasteiger partial charge in [0.1, 0.15) is 16.4 Å². The van der Waals surface area contributed by atoms with Gasteiger partial charge in [-0.2, -0.15) is 0 Å². The smallest absolute Gasteiger partial charge is 0.265 e. The second-order valence-corrected chi connectivity index (χ2v) is 9.94. The Balaban J connectivity index is 1.51. The lowest BCUT2D eigenvalue weighted by atomic mass is 10.1. The van der Waals surface area contributed by atoms with Crippen molar-refractivity contribution < 1.29 is 18.7 Å². The highest BCUT2D eigenvalue weighted by atomic mass is 35.5. The van der Waals surface area contributed by atoms with Crippen LogP contribution in [0.4, 0.5) is 4.39 Å². The van der Waals surface area contributed by atoms with Gasteiger partial charge in [0, 0.05) is 39.7 Å². The lowest BCUT2D eigenvalue weighted by Gasteiger charge is -2.25. The Morgan fingerprint density at radius 1 is 1.29 bits per heavy atom. The number of carbonyl (C=O) groups is 1. The summed E-state index contributed by atoms with van der Waals surface area (Å²) in [6.07, 6.45) is 1.64. The first-order chi connectivity index (χ1) is 16.9. The van der Waals surface area contributed by atoms with E-state index in [1.165, 1.54) is 12.1 Å². The monoisotopic (exact) mass is 514 g/mol. The van der Waals surface area contributed by atoms with Crippen LogP contribution in [-0.4, -0.2) is 41.7 Å². The molecule has 6 nitrogen and oxygen atoms in total. The Morgan fingerprint density at radius 2 is 2.14 bits per heavy atom. The number of hydrogen-bond donors (Lipinski definition) is 1. The molecule has 35 heavy (non-hydrogen) atoms. The van der Waals surface area contributed by atoms with Gasteiger partial charge < -0.3 is 19.4 Å². The van der Waals surface area contributed by atoms with Crippen LogP contribution in [0, 0.1) is 5.82 Å². The average Bonchev–Trinajstić information content (AvgIpc) is 3.46. The van der Waals surface area contributed by atoms with Crippen LogP contribution in [0.2, 0.25) is 5.02 Å². The van der Waals surface area contributed by atoms with Gasteiger partial charge in [-0.1, -0.05) is 11.6 Å². The number of hydrogen-bond acceptors (Lipinski definition) is 5. The second-order valence-electron chi connectivity index (χ2n) is 8.51. The molecule has 182 valence electrons. The quantitative estimate of drug-likeness (QED) is 0.340. The van der Waals surface area contributed by atoms with Crippen LogP contribution in [0.1, 0.15) is 35.0 Å². The first-order valence-electron chi connectivity index (χ1n) is 11.5. The van der Waals surface area contributed by atoms with Gasteiger partial charge in [0.25, 0.3) is 11.5 Å². The van der Waals surface area contributed by atoms with Crippen LogP contribution < -0.4 is 10.3 Å². The predicted molar refractivity (Wildman–Crippen MR) is 136 cm³/mol. The summed E-state index contributed by atoms with van der Waals surface area (Å²) in [5, 5.41) is 1.73. The number of nitrogens with zero attached hydrogens (tertiary/aromatic N) is 1. The number of amides is 1. The average molecular weight is 515 g/mol. The van der Waals surface area contributed by atoms with Crippen molar-refractivity contribution >= 4 is 49.8 Å². The minimum Gasteiger partial charge on any atom is -0.494 e. The zero-order valence-corrected chi connectivity index (χ0v) is 20.7. The van der Waals surface area contributed by atoms with Crippen LogP contribution in [-0.2, 0) is 11.3 Å². The first kappa shape index (κ1) is 23.8. The van der Waals surface area contributed by atoms with Gasteiger partial charge in [-0.25, -0.2) is 4.39 Å². The molecule has 1 aliphatic heterocycles. The molecule has 1 fully saturated rings. The van der Waals surface area contributed by atoms with Crippen molar-refractivity contribution in [2.45, 2.75) is 32.4 Å². The van der Waals surface area contributed by atoms with Gasteiger partial charge in [-0.3, -0.25) is 9.59 Å². The fourth-order valence-corrected chi connectivity index (χ4v) is 5.89. The molecule has 0 aliphatic carbocycles. The first-order valence-corrected chi connectivity index (χ1v) is 12.7. The Bertz CT molecular complexity index is 1460. The maximum absolute atomic E-state index is 13.7. The Labute approximate surface area is 210 Å². The number of halogens is 2. The van der Waals surface area contributed by atoms with Crippen molar-refractivity contribution in [3.63, 3.8) is 0 Å². The van der Waals surface area contributed by atoms with Crippen LogP contribution in [0.15, 0.2) is 47.3 Å². The molecule has 9 heteroatoms. The predicted octanol–water partition coefficient (Wildman–Crippen LogP) is 5.76. The van der Waals surface area contributed by atoms with Gasteiger partial charge >= 0.3 is 0 Å². The number of carbonyl (C=O) groups excluding carboxylic acids is 1. The van der Waals surface area contributed by atoms with Crippen LogP contribution in [0.25, 0.3) is 21.0 Å². The van der Waals surface area contributed by atoms with E-state index >= 15 is 0 Å². The van der Waals surface area contributed by atoms with Crippen LogP contribution in [0.5, 0.6) is 5.75 Å². The van der Waals surface area contributed by atoms with E-state index in [1.807, 2.05) is 13.0 Å². The molecule has 0 bridgehead atoms. The number of pyridine rings is 1. The van der Waals surface area contributed by atoms with Gasteiger partial charge in [-0.05, 0) is 62.2 Å². The molecule has 1 saturated heterocycles. The summed E-state index contributed by atoms with van der Waals surface area (Å²) in [6, 6.07) is 11.5. The van der Waals surface area contributed by atoms with Crippen molar-refractivity contribution in [1.29, 1.82) is 0 Å². The lowest BCUT2D eigenvalue weighted by Crippen LogP contribution is -2.38. The summed E-state index contributed by atoms with van der Waals surface area (Å²) in [4.78, 5) is 31.4. The maximum Gasteiger partial charge on any atom is 0.265 e. The molecule has 1 amide bonds. The third-order valence-corrected chi connectivity index (χ3v) is 7.73. The van der Waals surface area contributed by atoms with Gasteiger partial charge in [0.2, 0.25) is 0 Å². The Hall–Kier alpha value is -2.94. The number of aromatic amines is 1. The molecular formula is C26H24ClFN2O4S. The molecule has 1 atom stereocenters. The van der Waals surface area contributed by atoms with E-state index in [0.29, 0.717) is 56.6 Å². The van der Waals surface area contributed by atoms with E-state index in [9.17, 15) is 14.0 Å². The second kappa shape index (κ2) is 9.97. The Kier molecular flexibility index (Phi) is 6.77. The number of ether oxygens (including phenoxy) is 2. The third kappa shape index (κ3) is 4.91. The number of aromatic nitrogens is 1. The molecule has 0 saturated carbocycles. The van der Waals surface area contributed by atoms with Crippen molar-refractivity contribution in [1.82, 2.24) is 9.88 Å². The minimum atomic E-state index is -0.389. The number of fused-ring (bicyclic) bond motifs is 2. The van der Waals surface area contributed by atoms with E-state index in [-0.39, 0.29) is 29.9 Å². The number of H-pyrrole nitrogens is 1. The normalized spacial score (nSPS) is 15.7.